The molecule has 0 saturated heterocycles. The second-order valence-corrected chi connectivity index (χ2v) is 7.99. The van der Waals surface area contributed by atoms with Gasteiger partial charge in [-0.05, 0) is 59.5 Å². The normalized spacial score (nSPS) is 10.9. The smallest absolute Gasteiger partial charge is 0.345 e. The molecule has 1 N–H and O–H groups in total. The molecule has 0 saturated carbocycles. The van der Waals surface area contributed by atoms with Crippen LogP contribution in [0.4, 0.5) is 0 Å². The molecule has 3 rings (SSSR count). The molecule has 3 aromatic carbocycles. The van der Waals surface area contributed by atoms with Crippen molar-refractivity contribution in [2.24, 2.45) is 5.10 Å². The number of rotatable bonds is 9. The molecule has 3 aromatic rings. The van der Waals surface area contributed by atoms with E-state index >= 15 is 0 Å². The molecule has 0 fully saturated rings. The van der Waals surface area contributed by atoms with Gasteiger partial charge in [0.05, 0.1) is 23.9 Å². The Bertz CT molecular complexity index is 1180. The Labute approximate surface area is 203 Å². The van der Waals surface area contributed by atoms with Crippen LogP contribution in [0.3, 0.4) is 0 Å². The van der Waals surface area contributed by atoms with Crippen LogP contribution in [-0.4, -0.2) is 31.8 Å². The topological polar surface area (TPSA) is 86.2 Å². The SMILES string of the molecule is COc1cc(/C=N/NC(=O)COc2ccc(C(C)C)cc2)ccc1OC(=O)c1ccccc1Cl. The average molecular weight is 481 g/mol. The van der Waals surface area contributed by atoms with Crippen molar-refractivity contribution in [2.75, 3.05) is 13.7 Å². The first kappa shape index (κ1) is 24.8. The van der Waals surface area contributed by atoms with Crippen molar-refractivity contribution >= 4 is 29.7 Å². The first-order valence-electron chi connectivity index (χ1n) is 10.6. The molecule has 1 amide bonds. The van der Waals surface area contributed by atoms with Crippen molar-refractivity contribution in [3.63, 3.8) is 0 Å². The van der Waals surface area contributed by atoms with Gasteiger partial charge in [-0.1, -0.05) is 49.7 Å². The predicted octanol–water partition coefficient (Wildman–Crippen LogP) is 5.22. The molecule has 0 aliphatic rings. The lowest BCUT2D eigenvalue weighted by Gasteiger charge is -2.10. The van der Waals surface area contributed by atoms with Crippen LogP contribution >= 0.6 is 11.6 Å². The molecule has 7 nitrogen and oxygen atoms in total. The highest BCUT2D eigenvalue weighted by Gasteiger charge is 2.15. The number of halogens is 1. The van der Waals surface area contributed by atoms with E-state index in [1.807, 2.05) is 24.3 Å². The molecular weight excluding hydrogens is 456 g/mol. The zero-order chi connectivity index (χ0) is 24.5. The van der Waals surface area contributed by atoms with Gasteiger partial charge in [0.25, 0.3) is 5.91 Å². The Morgan fingerprint density at radius 3 is 2.44 bits per heavy atom. The van der Waals surface area contributed by atoms with Gasteiger partial charge in [-0.2, -0.15) is 5.10 Å². The minimum Gasteiger partial charge on any atom is -0.493 e. The van der Waals surface area contributed by atoms with Crippen molar-refractivity contribution in [2.45, 2.75) is 19.8 Å². The number of esters is 1. The number of carbonyl (C=O) groups is 2. The van der Waals surface area contributed by atoms with E-state index in [1.54, 1.807) is 42.5 Å². The van der Waals surface area contributed by atoms with Crippen LogP contribution in [0.1, 0.15) is 41.3 Å². The van der Waals surface area contributed by atoms with E-state index in [0.717, 1.165) is 0 Å². The summed E-state index contributed by atoms with van der Waals surface area (Å²) in [5, 5.41) is 4.23. The second kappa shape index (κ2) is 11.9. The van der Waals surface area contributed by atoms with E-state index < -0.39 is 11.9 Å². The lowest BCUT2D eigenvalue weighted by Crippen LogP contribution is -2.24. The van der Waals surface area contributed by atoms with Gasteiger partial charge in [0.2, 0.25) is 0 Å². The van der Waals surface area contributed by atoms with Gasteiger partial charge < -0.3 is 14.2 Å². The van der Waals surface area contributed by atoms with Gasteiger partial charge in [0, 0.05) is 0 Å². The maximum atomic E-state index is 12.4. The fraction of sp³-hybridized carbons (Fsp3) is 0.192. The number of hydrazone groups is 1. The number of hydrogen-bond acceptors (Lipinski definition) is 6. The highest BCUT2D eigenvalue weighted by Crippen LogP contribution is 2.29. The Kier molecular flexibility index (Phi) is 8.65. The number of nitrogens with zero attached hydrogens (tertiary/aromatic N) is 1. The van der Waals surface area contributed by atoms with Crippen molar-refractivity contribution in [3.05, 3.63) is 88.4 Å². The van der Waals surface area contributed by atoms with Gasteiger partial charge in [0.15, 0.2) is 18.1 Å². The standard InChI is InChI=1S/C26H25ClN2O5/c1-17(2)19-9-11-20(12-10-19)33-16-25(30)29-28-15-18-8-13-23(24(14-18)32-3)34-26(31)21-6-4-5-7-22(21)27/h4-15,17H,16H2,1-3H3,(H,29,30)/b28-15+. The van der Waals surface area contributed by atoms with Crippen LogP contribution in [-0.2, 0) is 4.79 Å². The van der Waals surface area contributed by atoms with E-state index in [1.165, 1.54) is 18.9 Å². The zero-order valence-corrected chi connectivity index (χ0v) is 19.8. The minimum absolute atomic E-state index is 0.168. The van der Waals surface area contributed by atoms with Gasteiger partial charge >= 0.3 is 5.97 Å². The number of benzene rings is 3. The first-order chi connectivity index (χ1) is 16.4. The van der Waals surface area contributed by atoms with Crippen LogP contribution < -0.4 is 19.6 Å². The van der Waals surface area contributed by atoms with Gasteiger partial charge in [-0.25, -0.2) is 10.2 Å². The van der Waals surface area contributed by atoms with Gasteiger partial charge in [0.1, 0.15) is 5.75 Å². The highest BCUT2D eigenvalue weighted by molar-refractivity contribution is 6.33. The maximum Gasteiger partial charge on any atom is 0.345 e. The van der Waals surface area contributed by atoms with Gasteiger partial charge in [-0.15, -0.1) is 0 Å². The predicted molar refractivity (Wildman–Crippen MR) is 131 cm³/mol. The Hall–Kier alpha value is -3.84. The molecular formula is C26H25ClN2O5. The van der Waals surface area contributed by atoms with Crippen LogP contribution in [0.15, 0.2) is 71.8 Å². The molecule has 0 radical (unpaired) electrons. The Morgan fingerprint density at radius 2 is 1.76 bits per heavy atom. The molecule has 0 unspecified atom stereocenters. The third-order valence-electron chi connectivity index (χ3n) is 4.80. The molecule has 0 aliphatic heterocycles. The molecule has 0 atom stereocenters. The number of methoxy groups -OCH3 is 1. The number of carbonyl (C=O) groups excluding carboxylic acids is 2. The second-order valence-electron chi connectivity index (χ2n) is 7.59. The summed E-state index contributed by atoms with van der Waals surface area (Å²) in [4.78, 5) is 24.4. The number of amides is 1. The van der Waals surface area contributed by atoms with E-state index in [-0.39, 0.29) is 17.9 Å². The van der Waals surface area contributed by atoms with E-state index in [0.29, 0.717) is 28.0 Å². The molecule has 34 heavy (non-hydrogen) atoms. The molecule has 0 heterocycles. The lowest BCUT2D eigenvalue weighted by atomic mass is 10.0. The molecule has 0 aliphatic carbocycles. The molecule has 8 heteroatoms. The highest BCUT2D eigenvalue weighted by atomic mass is 35.5. The van der Waals surface area contributed by atoms with E-state index in [2.05, 4.69) is 24.4 Å². The third-order valence-corrected chi connectivity index (χ3v) is 5.13. The van der Waals surface area contributed by atoms with E-state index in [9.17, 15) is 9.59 Å². The summed E-state index contributed by atoms with van der Waals surface area (Å²) in [6, 6.07) is 19.1. The van der Waals surface area contributed by atoms with Crippen LogP contribution in [0.2, 0.25) is 5.02 Å². The average Bonchev–Trinajstić information content (AvgIpc) is 2.84. The summed E-state index contributed by atoms with van der Waals surface area (Å²) in [5.74, 6) is 0.580. The Morgan fingerprint density at radius 1 is 1.03 bits per heavy atom. The summed E-state index contributed by atoms with van der Waals surface area (Å²) >= 11 is 6.05. The first-order valence-corrected chi connectivity index (χ1v) is 10.9. The summed E-state index contributed by atoms with van der Waals surface area (Å²) < 4.78 is 16.2. The van der Waals surface area contributed by atoms with Crippen molar-refractivity contribution in [3.8, 4) is 17.2 Å². The van der Waals surface area contributed by atoms with Crippen molar-refractivity contribution in [1.29, 1.82) is 0 Å². The lowest BCUT2D eigenvalue weighted by molar-refractivity contribution is -0.123. The monoisotopic (exact) mass is 480 g/mol. The minimum atomic E-state index is -0.601. The number of nitrogens with one attached hydrogen (secondary N) is 1. The summed E-state index contributed by atoms with van der Waals surface area (Å²) in [5.41, 5.74) is 4.48. The quantitative estimate of drug-likeness (QED) is 0.196. The number of hydrogen-bond donors (Lipinski definition) is 1. The molecule has 176 valence electrons. The maximum absolute atomic E-state index is 12.4. The summed E-state index contributed by atoms with van der Waals surface area (Å²) in [6.45, 7) is 4.05. The Balaban J connectivity index is 1.54. The molecule has 0 aromatic heterocycles. The fourth-order valence-electron chi connectivity index (χ4n) is 2.94. The largest absolute Gasteiger partial charge is 0.493 e. The van der Waals surface area contributed by atoms with Gasteiger partial charge in [-0.3, -0.25) is 4.79 Å². The number of ether oxygens (including phenoxy) is 3. The van der Waals surface area contributed by atoms with Crippen molar-refractivity contribution < 1.29 is 23.8 Å². The fourth-order valence-corrected chi connectivity index (χ4v) is 3.15. The van der Waals surface area contributed by atoms with Crippen molar-refractivity contribution in [1.82, 2.24) is 5.43 Å². The molecule has 0 spiro atoms. The zero-order valence-electron chi connectivity index (χ0n) is 19.1. The molecule has 0 bridgehead atoms. The van der Waals surface area contributed by atoms with Crippen LogP contribution in [0.5, 0.6) is 17.2 Å². The summed E-state index contributed by atoms with van der Waals surface area (Å²) in [6.07, 6.45) is 1.44. The van der Waals surface area contributed by atoms with E-state index in [4.69, 9.17) is 25.8 Å². The third kappa shape index (κ3) is 6.83. The van der Waals surface area contributed by atoms with Crippen LogP contribution in [0.25, 0.3) is 0 Å². The van der Waals surface area contributed by atoms with Crippen LogP contribution in [0, 0.1) is 0 Å². The summed E-state index contributed by atoms with van der Waals surface area (Å²) in [7, 11) is 1.45.